The van der Waals surface area contributed by atoms with Gasteiger partial charge in [0, 0.05) is 12.0 Å². The van der Waals surface area contributed by atoms with E-state index in [-0.39, 0.29) is 5.54 Å². The van der Waals surface area contributed by atoms with Gasteiger partial charge in [-0.05, 0) is 19.8 Å². The van der Waals surface area contributed by atoms with E-state index in [2.05, 4.69) is 15.3 Å². The van der Waals surface area contributed by atoms with Crippen LogP contribution in [0.25, 0.3) is 4.96 Å². The number of nitrogens with two attached hydrogens (primary N) is 1. The van der Waals surface area contributed by atoms with Crippen LogP contribution in [0.15, 0.2) is 0 Å². The normalized spacial score (nSPS) is 19.9. The maximum Gasteiger partial charge on any atom is 0.234 e. The molecule has 0 unspecified atom stereocenters. The van der Waals surface area contributed by atoms with Gasteiger partial charge in [0.1, 0.15) is 5.01 Å². The molecule has 1 aliphatic rings. The van der Waals surface area contributed by atoms with Crippen LogP contribution in [0.1, 0.15) is 42.9 Å². The molecule has 17 heavy (non-hydrogen) atoms. The molecular formula is C11H17N5S. The highest BCUT2D eigenvalue weighted by atomic mass is 32.1. The molecule has 92 valence electrons. The van der Waals surface area contributed by atoms with Gasteiger partial charge in [0.05, 0.1) is 0 Å². The summed E-state index contributed by atoms with van der Waals surface area (Å²) in [7, 11) is 0. The van der Waals surface area contributed by atoms with Crippen LogP contribution >= 0.6 is 11.3 Å². The quantitative estimate of drug-likeness (QED) is 0.882. The number of hydrogen-bond acceptors (Lipinski definition) is 5. The highest BCUT2D eigenvalue weighted by Crippen LogP contribution is 2.30. The van der Waals surface area contributed by atoms with Crippen LogP contribution < -0.4 is 5.73 Å². The van der Waals surface area contributed by atoms with Gasteiger partial charge < -0.3 is 5.73 Å². The first-order valence-corrected chi connectivity index (χ1v) is 6.95. The Morgan fingerprint density at radius 3 is 2.76 bits per heavy atom. The van der Waals surface area contributed by atoms with Crippen molar-refractivity contribution >= 4 is 16.3 Å². The van der Waals surface area contributed by atoms with E-state index < -0.39 is 0 Å². The van der Waals surface area contributed by atoms with Gasteiger partial charge in [-0.25, -0.2) is 0 Å². The standard InChI is InChI=1S/C11H17N5S/c1-8-13-14-10-16(8)15-9(17-10)7-11(12)5-3-2-4-6-11/h2-7,12H2,1H3. The molecule has 0 aromatic carbocycles. The van der Waals surface area contributed by atoms with Crippen molar-refractivity contribution in [2.45, 2.75) is 51.0 Å². The lowest BCUT2D eigenvalue weighted by Gasteiger charge is -2.32. The minimum atomic E-state index is -0.0462. The van der Waals surface area contributed by atoms with E-state index in [0.29, 0.717) is 0 Å². The fraction of sp³-hybridized carbons (Fsp3) is 0.727. The Morgan fingerprint density at radius 2 is 2.06 bits per heavy atom. The van der Waals surface area contributed by atoms with E-state index >= 15 is 0 Å². The van der Waals surface area contributed by atoms with E-state index in [1.807, 2.05) is 11.4 Å². The van der Waals surface area contributed by atoms with Crippen molar-refractivity contribution in [1.29, 1.82) is 0 Å². The zero-order valence-electron chi connectivity index (χ0n) is 10.0. The maximum absolute atomic E-state index is 6.44. The van der Waals surface area contributed by atoms with Crippen LogP contribution in [-0.2, 0) is 6.42 Å². The Balaban J connectivity index is 1.84. The second kappa shape index (κ2) is 4.03. The Kier molecular flexibility index (Phi) is 2.63. The smallest absolute Gasteiger partial charge is 0.234 e. The number of nitrogens with zero attached hydrogens (tertiary/aromatic N) is 4. The van der Waals surface area contributed by atoms with Gasteiger partial charge in [-0.2, -0.15) is 9.61 Å². The van der Waals surface area contributed by atoms with Crippen molar-refractivity contribution in [3.05, 3.63) is 10.8 Å². The van der Waals surface area contributed by atoms with Crippen LogP contribution in [0.2, 0.25) is 0 Å². The third kappa shape index (κ3) is 2.07. The zero-order valence-corrected chi connectivity index (χ0v) is 10.8. The monoisotopic (exact) mass is 251 g/mol. The van der Waals surface area contributed by atoms with Gasteiger partial charge in [0.2, 0.25) is 4.96 Å². The Morgan fingerprint density at radius 1 is 1.29 bits per heavy atom. The zero-order chi connectivity index (χ0) is 11.9. The van der Waals surface area contributed by atoms with Gasteiger partial charge in [0.15, 0.2) is 5.82 Å². The van der Waals surface area contributed by atoms with Gasteiger partial charge in [-0.15, -0.1) is 10.2 Å². The van der Waals surface area contributed by atoms with Crippen LogP contribution in [0.5, 0.6) is 0 Å². The second-order valence-corrected chi connectivity index (χ2v) is 6.08. The summed E-state index contributed by atoms with van der Waals surface area (Å²) in [6.45, 7) is 1.92. The summed E-state index contributed by atoms with van der Waals surface area (Å²) in [4.78, 5) is 0.872. The molecule has 2 heterocycles. The highest BCUT2D eigenvalue weighted by molar-refractivity contribution is 7.16. The fourth-order valence-corrected chi connectivity index (χ4v) is 3.59. The predicted molar refractivity (Wildman–Crippen MR) is 67.1 cm³/mol. The van der Waals surface area contributed by atoms with Crippen molar-refractivity contribution in [2.24, 2.45) is 5.73 Å². The summed E-state index contributed by atoms with van der Waals surface area (Å²) in [6, 6.07) is 0. The average Bonchev–Trinajstić information content (AvgIpc) is 2.82. The van der Waals surface area contributed by atoms with Crippen LogP contribution in [0.4, 0.5) is 0 Å². The molecule has 6 heteroatoms. The van der Waals surface area contributed by atoms with E-state index in [9.17, 15) is 0 Å². The summed E-state index contributed by atoms with van der Waals surface area (Å²) in [5, 5.41) is 13.7. The molecule has 0 amide bonds. The second-order valence-electron chi connectivity index (χ2n) is 5.04. The maximum atomic E-state index is 6.44. The first-order chi connectivity index (χ1) is 8.16. The molecule has 1 aliphatic carbocycles. The molecule has 0 saturated heterocycles. The van der Waals surface area contributed by atoms with Crippen molar-refractivity contribution in [3.63, 3.8) is 0 Å². The lowest BCUT2D eigenvalue weighted by atomic mass is 9.80. The Labute approximate surface area is 104 Å². The van der Waals surface area contributed by atoms with Gasteiger partial charge in [-0.1, -0.05) is 30.6 Å². The van der Waals surface area contributed by atoms with Crippen molar-refractivity contribution in [1.82, 2.24) is 19.8 Å². The summed E-state index contributed by atoms with van der Waals surface area (Å²) in [5.74, 6) is 0.845. The molecule has 1 saturated carbocycles. The van der Waals surface area contributed by atoms with Crippen LogP contribution in [0.3, 0.4) is 0 Å². The average molecular weight is 251 g/mol. The topological polar surface area (TPSA) is 69.1 Å². The Bertz CT molecular complexity index is 523. The molecule has 0 radical (unpaired) electrons. The first kappa shape index (κ1) is 11.1. The molecule has 2 aromatic heterocycles. The third-order valence-electron chi connectivity index (χ3n) is 3.54. The highest BCUT2D eigenvalue weighted by Gasteiger charge is 2.29. The number of rotatable bonds is 2. The molecule has 0 aliphatic heterocycles. The number of fused-ring (bicyclic) bond motifs is 1. The molecule has 1 fully saturated rings. The Hall–Kier alpha value is -1.01. The number of aromatic nitrogens is 4. The summed E-state index contributed by atoms with van der Waals surface area (Å²) >= 11 is 1.61. The predicted octanol–water partition coefficient (Wildman–Crippen LogP) is 1.70. The van der Waals surface area contributed by atoms with Gasteiger partial charge in [0.25, 0.3) is 0 Å². The third-order valence-corrected chi connectivity index (χ3v) is 4.44. The molecule has 2 aromatic rings. The first-order valence-electron chi connectivity index (χ1n) is 6.13. The van der Waals surface area contributed by atoms with E-state index in [1.165, 1.54) is 19.3 Å². The van der Waals surface area contributed by atoms with Crippen molar-refractivity contribution in [3.8, 4) is 0 Å². The van der Waals surface area contributed by atoms with Crippen molar-refractivity contribution < 1.29 is 0 Å². The molecular weight excluding hydrogens is 234 g/mol. The molecule has 3 rings (SSSR count). The fourth-order valence-electron chi connectivity index (χ4n) is 2.56. The molecule has 0 spiro atoms. The van der Waals surface area contributed by atoms with E-state index in [1.54, 1.807) is 11.3 Å². The summed E-state index contributed by atoms with van der Waals surface area (Å²) in [5.41, 5.74) is 6.39. The van der Waals surface area contributed by atoms with Gasteiger partial charge in [-0.3, -0.25) is 0 Å². The largest absolute Gasteiger partial charge is 0.325 e. The van der Waals surface area contributed by atoms with Crippen molar-refractivity contribution in [2.75, 3.05) is 0 Å². The SMILES string of the molecule is Cc1nnc2sc(CC3(N)CCCCC3)nn12. The summed E-state index contributed by atoms with van der Waals surface area (Å²) < 4.78 is 1.81. The van der Waals surface area contributed by atoms with E-state index in [4.69, 9.17) is 5.73 Å². The number of hydrogen-bond donors (Lipinski definition) is 1. The minimum absolute atomic E-state index is 0.0462. The molecule has 0 bridgehead atoms. The lowest BCUT2D eigenvalue weighted by molar-refractivity contribution is 0.293. The van der Waals surface area contributed by atoms with Gasteiger partial charge >= 0.3 is 0 Å². The molecule has 0 atom stereocenters. The summed E-state index contributed by atoms with van der Waals surface area (Å²) in [6.07, 6.45) is 6.93. The lowest BCUT2D eigenvalue weighted by Crippen LogP contribution is -2.43. The van der Waals surface area contributed by atoms with Crippen LogP contribution in [0, 0.1) is 6.92 Å². The van der Waals surface area contributed by atoms with E-state index in [0.717, 1.165) is 35.1 Å². The molecule has 5 nitrogen and oxygen atoms in total. The number of aryl methyl sites for hydroxylation is 1. The van der Waals surface area contributed by atoms with Crippen LogP contribution in [-0.4, -0.2) is 25.4 Å². The molecule has 2 N–H and O–H groups in total. The minimum Gasteiger partial charge on any atom is -0.325 e.